The molecule has 0 bridgehead atoms. The monoisotopic (exact) mass is 439 g/mol. The highest BCUT2D eigenvalue weighted by Gasteiger charge is 2.10. The van der Waals surface area contributed by atoms with E-state index >= 15 is 0 Å². The van der Waals surface area contributed by atoms with Crippen molar-refractivity contribution in [2.45, 2.75) is 13.0 Å². The number of aldehydes is 1. The molecule has 3 N–H and O–H groups in total. The lowest BCUT2D eigenvalue weighted by atomic mass is 10.0. The van der Waals surface area contributed by atoms with Gasteiger partial charge in [-0.25, -0.2) is 4.39 Å². The van der Waals surface area contributed by atoms with Crippen molar-refractivity contribution in [1.82, 2.24) is 0 Å². The zero-order chi connectivity index (χ0) is 23.2. The van der Waals surface area contributed by atoms with Gasteiger partial charge in [0.1, 0.15) is 12.1 Å². The number of fused-ring (bicyclic) bond motifs is 1. The predicted molar refractivity (Wildman–Crippen MR) is 130 cm³/mol. The molecule has 1 amide bonds. The van der Waals surface area contributed by atoms with E-state index in [0.717, 1.165) is 16.3 Å². The number of anilines is 2. The van der Waals surface area contributed by atoms with E-state index in [1.807, 2.05) is 60.7 Å². The Bertz CT molecular complexity index is 1330. The fourth-order valence-electron chi connectivity index (χ4n) is 3.55. The third-order valence-electron chi connectivity index (χ3n) is 5.30. The lowest BCUT2D eigenvalue weighted by molar-refractivity contribution is -0.106. The number of rotatable bonds is 8. The summed E-state index contributed by atoms with van der Waals surface area (Å²) in [6.07, 6.45) is 0.547. The lowest BCUT2D eigenvalue weighted by Gasteiger charge is -2.13. The van der Waals surface area contributed by atoms with Crippen LogP contribution in [0.2, 0.25) is 0 Å². The number of hydrogen-bond donors (Lipinski definition) is 3. The van der Waals surface area contributed by atoms with Gasteiger partial charge in [-0.2, -0.15) is 0 Å². The Kier molecular flexibility index (Phi) is 6.55. The molecule has 6 heteroatoms. The smallest absolute Gasteiger partial charge is 0.255 e. The lowest BCUT2D eigenvalue weighted by Crippen LogP contribution is -2.12. The summed E-state index contributed by atoms with van der Waals surface area (Å²) in [4.78, 5) is 23.4. The van der Waals surface area contributed by atoms with Gasteiger partial charge in [0.15, 0.2) is 0 Å². The van der Waals surface area contributed by atoms with Gasteiger partial charge in [0.2, 0.25) is 0 Å². The Labute approximate surface area is 190 Å². The highest BCUT2D eigenvalue weighted by Crippen LogP contribution is 2.21. The number of nitrogens with one attached hydrogen (secondary N) is 3. The van der Waals surface area contributed by atoms with Crippen LogP contribution in [-0.2, 0) is 11.3 Å². The summed E-state index contributed by atoms with van der Waals surface area (Å²) in [7, 11) is 0. The summed E-state index contributed by atoms with van der Waals surface area (Å²) in [5.74, 6) is -0.644. The van der Waals surface area contributed by atoms with E-state index in [2.05, 4.69) is 10.6 Å². The van der Waals surface area contributed by atoms with Crippen LogP contribution in [0.3, 0.4) is 0 Å². The van der Waals surface area contributed by atoms with E-state index < -0.39 is 5.82 Å². The Morgan fingerprint density at radius 2 is 1.67 bits per heavy atom. The van der Waals surface area contributed by atoms with Crippen LogP contribution >= 0.6 is 0 Å². The third kappa shape index (κ3) is 5.30. The Balaban J connectivity index is 1.41. The quantitative estimate of drug-likeness (QED) is 0.240. The maximum Gasteiger partial charge on any atom is 0.255 e. The predicted octanol–water partition coefficient (Wildman–Crippen LogP) is 5.80. The minimum Gasteiger partial charge on any atom is -0.380 e. The highest BCUT2D eigenvalue weighted by molar-refractivity contribution is 6.08. The van der Waals surface area contributed by atoms with Crippen molar-refractivity contribution < 1.29 is 14.0 Å². The second-order valence-corrected chi connectivity index (χ2v) is 7.61. The molecule has 0 aliphatic heterocycles. The van der Waals surface area contributed by atoms with Crippen molar-refractivity contribution in [3.05, 3.63) is 107 Å². The number of hydrogen-bond acceptors (Lipinski definition) is 4. The van der Waals surface area contributed by atoms with Crippen molar-refractivity contribution >= 4 is 40.1 Å². The molecule has 0 saturated heterocycles. The van der Waals surface area contributed by atoms with E-state index in [1.54, 1.807) is 12.1 Å². The van der Waals surface area contributed by atoms with E-state index in [0.29, 0.717) is 35.3 Å². The van der Waals surface area contributed by atoms with E-state index in [1.165, 1.54) is 12.1 Å². The van der Waals surface area contributed by atoms with Gasteiger partial charge in [0, 0.05) is 41.2 Å². The van der Waals surface area contributed by atoms with Crippen LogP contribution in [-0.4, -0.2) is 17.9 Å². The van der Waals surface area contributed by atoms with Crippen LogP contribution in [0.5, 0.6) is 0 Å². The first kappa shape index (κ1) is 21.9. The summed E-state index contributed by atoms with van der Waals surface area (Å²) < 4.78 is 13.6. The van der Waals surface area contributed by atoms with Gasteiger partial charge in [-0.1, -0.05) is 42.5 Å². The average molecular weight is 439 g/mol. The summed E-state index contributed by atoms with van der Waals surface area (Å²) in [5.41, 5.74) is 3.20. The molecule has 0 spiro atoms. The first-order valence-corrected chi connectivity index (χ1v) is 10.5. The average Bonchev–Trinajstić information content (AvgIpc) is 2.84. The van der Waals surface area contributed by atoms with Gasteiger partial charge in [0.05, 0.1) is 0 Å². The van der Waals surface area contributed by atoms with Crippen molar-refractivity contribution in [2.75, 3.05) is 10.6 Å². The SMILES string of the molecule is N=C(CC=O)c1cc(F)ccc1NCc1ccc(NC(=O)c2ccc3ccccc3c2)cc1. The standard InChI is InChI=1S/C27H22FN3O2/c28-22-9-12-26(24(16-22)25(29)13-14-32)30-17-18-5-10-23(11-6-18)31-27(33)21-8-7-19-3-1-2-4-20(19)15-21/h1-12,14-16,29-30H,13,17H2,(H,31,33). The first-order valence-electron chi connectivity index (χ1n) is 10.5. The van der Waals surface area contributed by atoms with Crippen molar-refractivity contribution in [2.24, 2.45) is 0 Å². The molecule has 0 atom stereocenters. The second-order valence-electron chi connectivity index (χ2n) is 7.61. The summed E-state index contributed by atoms with van der Waals surface area (Å²) in [5, 5.41) is 16.2. The van der Waals surface area contributed by atoms with E-state index in [-0.39, 0.29) is 18.0 Å². The second kappa shape index (κ2) is 9.87. The molecule has 4 aromatic carbocycles. The molecule has 164 valence electrons. The third-order valence-corrected chi connectivity index (χ3v) is 5.30. The van der Waals surface area contributed by atoms with E-state index in [9.17, 15) is 14.0 Å². The molecule has 0 heterocycles. The Morgan fingerprint density at radius 1 is 0.909 bits per heavy atom. The number of carbonyl (C=O) groups excluding carboxylic acids is 2. The van der Waals surface area contributed by atoms with Crippen LogP contribution < -0.4 is 10.6 Å². The van der Waals surface area contributed by atoms with Crippen LogP contribution in [0, 0.1) is 11.2 Å². The molecular weight excluding hydrogens is 417 g/mol. The van der Waals surface area contributed by atoms with Gasteiger partial charge in [0.25, 0.3) is 5.91 Å². The molecule has 0 saturated carbocycles. The van der Waals surface area contributed by atoms with Gasteiger partial charge < -0.3 is 20.8 Å². The molecular formula is C27H22FN3O2. The first-order chi connectivity index (χ1) is 16.0. The molecule has 4 rings (SSSR count). The van der Waals surface area contributed by atoms with Crippen molar-refractivity contribution in [3.63, 3.8) is 0 Å². The fraction of sp³-hybridized carbons (Fsp3) is 0.0741. The van der Waals surface area contributed by atoms with Crippen LogP contribution in [0.4, 0.5) is 15.8 Å². The van der Waals surface area contributed by atoms with Crippen LogP contribution in [0.25, 0.3) is 10.8 Å². The zero-order valence-electron chi connectivity index (χ0n) is 17.8. The van der Waals surface area contributed by atoms with Gasteiger partial charge in [-0.3, -0.25) is 4.79 Å². The minimum atomic E-state index is -0.460. The maximum absolute atomic E-state index is 13.6. The molecule has 0 aliphatic carbocycles. The van der Waals surface area contributed by atoms with Gasteiger partial charge in [-0.15, -0.1) is 0 Å². The van der Waals surface area contributed by atoms with Crippen LogP contribution in [0.15, 0.2) is 84.9 Å². The molecule has 4 aromatic rings. The highest BCUT2D eigenvalue weighted by atomic mass is 19.1. The van der Waals surface area contributed by atoms with Crippen molar-refractivity contribution in [3.8, 4) is 0 Å². The molecule has 33 heavy (non-hydrogen) atoms. The van der Waals surface area contributed by atoms with Gasteiger partial charge >= 0.3 is 0 Å². The molecule has 0 unspecified atom stereocenters. The topological polar surface area (TPSA) is 82.1 Å². The minimum absolute atomic E-state index is 0.0544. The molecule has 0 fully saturated rings. The summed E-state index contributed by atoms with van der Waals surface area (Å²) in [6.45, 7) is 0.436. The zero-order valence-corrected chi connectivity index (χ0v) is 17.8. The van der Waals surface area contributed by atoms with Crippen LogP contribution in [0.1, 0.15) is 27.9 Å². The number of carbonyl (C=O) groups is 2. The normalized spacial score (nSPS) is 10.6. The summed E-state index contributed by atoms with van der Waals surface area (Å²) in [6, 6.07) is 25.0. The number of halogens is 1. The molecule has 0 aliphatic rings. The van der Waals surface area contributed by atoms with Crippen molar-refractivity contribution in [1.29, 1.82) is 5.41 Å². The maximum atomic E-state index is 13.6. The Hall–Kier alpha value is -4.32. The Morgan fingerprint density at radius 3 is 2.42 bits per heavy atom. The van der Waals surface area contributed by atoms with E-state index in [4.69, 9.17) is 5.41 Å². The van der Waals surface area contributed by atoms with Gasteiger partial charge in [-0.05, 0) is 58.8 Å². The molecule has 0 radical (unpaired) electrons. The largest absolute Gasteiger partial charge is 0.380 e. The fourth-order valence-corrected chi connectivity index (χ4v) is 3.55. The molecule has 5 nitrogen and oxygen atoms in total. The molecule has 0 aromatic heterocycles. The summed E-state index contributed by atoms with van der Waals surface area (Å²) >= 11 is 0. The number of benzene rings is 4. The number of amides is 1.